The molecular formula is C22H22F3N3O3. The molecule has 31 heavy (non-hydrogen) atoms. The SMILES string of the molecule is Cc1cc(C(=O)CN2C(=O)N[C@]3(CCCc4ccccc43)C2=O)c(C)n1CC(F)(F)F. The summed E-state index contributed by atoms with van der Waals surface area (Å²) in [6.45, 7) is 1.18. The van der Waals surface area contributed by atoms with Crippen molar-refractivity contribution in [1.82, 2.24) is 14.8 Å². The number of hydrogen-bond donors (Lipinski definition) is 1. The predicted octanol–water partition coefficient (Wildman–Crippen LogP) is 3.63. The number of carbonyl (C=O) groups is 3. The topological polar surface area (TPSA) is 71.4 Å². The molecular weight excluding hydrogens is 411 g/mol. The summed E-state index contributed by atoms with van der Waals surface area (Å²) in [6, 6.07) is 8.10. The van der Waals surface area contributed by atoms with Crippen molar-refractivity contribution in [2.24, 2.45) is 0 Å². The summed E-state index contributed by atoms with van der Waals surface area (Å²) in [5, 5.41) is 2.78. The quantitative estimate of drug-likeness (QED) is 0.591. The maximum absolute atomic E-state index is 13.3. The standard InChI is InChI=1S/C22H22F3N3O3/c1-13-10-16(14(2)28(13)12-22(23,24)25)18(29)11-27-19(30)21(26-20(27)31)9-5-7-15-6-3-4-8-17(15)21/h3-4,6,8,10H,5,7,9,11-12H2,1-2H3,(H,26,31)/t21-/m0/s1. The lowest BCUT2D eigenvalue weighted by Gasteiger charge is -2.33. The number of nitrogens with one attached hydrogen (secondary N) is 1. The second-order valence-electron chi connectivity index (χ2n) is 8.15. The largest absolute Gasteiger partial charge is 0.406 e. The molecule has 0 radical (unpaired) electrons. The highest BCUT2D eigenvalue weighted by Gasteiger charge is 2.54. The number of hydrogen-bond acceptors (Lipinski definition) is 3. The van der Waals surface area contributed by atoms with Crippen molar-refractivity contribution in [1.29, 1.82) is 0 Å². The summed E-state index contributed by atoms with van der Waals surface area (Å²) in [5.74, 6) is -1.08. The van der Waals surface area contributed by atoms with E-state index in [4.69, 9.17) is 0 Å². The van der Waals surface area contributed by atoms with Crippen molar-refractivity contribution in [3.05, 3.63) is 58.4 Å². The fourth-order valence-corrected chi connectivity index (χ4v) is 4.69. The maximum Gasteiger partial charge on any atom is 0.406 e. The monoisotopic (exact) mass is 433 g/mol. The van der Waals surface area contributed by atoms with Gasteiger partial charge in [-0.1, -0.05) is 24.3 Å². The van der Waals surface area contributed by atoms with Gasteiger partial charge in [0.2, 0.25) is 0 Å². The zero-order chi connectivity index (χ0) is 22.6. The number of fused-ring (bicyclic) bond motifs is 2. The van der Waals surface area contributed by atoms with Crippen LogP contribution < -0.4 is 5.32 Å². The molecule has 4 rings (SSSR count). The fraction of sp³-hybridized carbons (Fsp3) is 0.409. The molecule has 9 heteroatoms. The number of rotatable bonds is 4. The van der Waals surface area contributed by atoms with E-state index in [1.807, 2.05) is 18.2 Å². The number of alkyl halides is 3. The van der Waals surface area contributed by atoms with Crippen molar-refractivity contribution >= 4 is 17.7 Å². The van der Waals surface area contributed by atoms with Gasteiger partial charge in [0.25, 0.3) is 5.91 Å². The third kappa shape index (κ3) is 3.51. The molecule has 1 fully saturated rings. The van der Waals surface area contributed by atoms with Crippen LogP contribution in [0.4, 0.5) is 18.0 Å². The first-order valence-electron chi connectivity index (χ1n) is 10.0. The number of urea groups is 1. The second-order valence-corrected chi connectivity index (χ2v) is 8.15. The first kappa shape index (κ1) is 21.1. The van der Waals surface area contributed by atoms with Gasteiger partial charge in [0.05, 0.1) is 6.54 Å². The van der Waals surface area contributed by atoms with E-state index in [-0.39, 0.29) is 17.0 Å². The van der Waals surface area contributed by atoms with Gasteiger partial charge in [0.15, 0.2) is 5.78 Å². The van der Waals surface area contributed by atoms with Gasteiger partial charge in [-0.25, -0.2) is 4.79 Å². The zero-order valence-corrected chi connectivity index (χ0v) is 17.2. The Hall–Kier alpha value is -3.10. The molecule has 2 aromatic rings. The fourth-order valence-electron chi connectivity index (χ4n) is 4.69. The number of nitrogens with zero attached hydrogens (tertiary/aromatic N) is 2. The predicted molar refractivity (Wildman–Crippen MR) is 106 cm³/mol. The molecule has 3 amide bonds. The van der Waals surface area contributed by atoms with E-state index in [0.717, 1.165) is 27.0 Å². The average Bonchev–Trinajstić information content (AvgIpc) is 3.10. The number of benzene rings is 1. The summed E-state index contributed by atoms with van der Waals surface area (Å²) in [7, 11) is 0. The van der Waals surface area contributed by atoms with E-state index in [9.17, 15) is 27.6 Å². The van der Waals surface area contributed by atoms with Crippen molar-refractivity contribution in [2.45, 2.75) is 51.4 Å². The lowest BCUT2D eigenvalue weighted by Crippen LogP contribution is -2.46. The van der Waals surface area contributed by atoms with Gasteiger partial charge < -0.3 is 9.88 Å². The number of Topliss-reactive ketones (excluding diaryl/α,β-unsaturated/α-hetero) is 1. The van der Waals surface area contributed by atoms with Crippen molar-refractivity contribution in [2.75, 3.05) is 6.54 Å². The first-order valence-corrected chi connectivity index (χ1v) is 10.0. The minimum atomic E-state index is -4.43. The molecule has 1 saturated heterocycles. The number of amides is 3. The first-order chi connectivity index (χ1) is 14.5. The molecule has 1 aromatic carbocycles. The lowest BCUT2D eigenvalue weighted by atomic mass is 9.76. The van der Waals surface area contributed by atoms with Crippen LogP contribution >= 0.6 is 0 Å². The lowest BCUT2D eigenvalue weighted by molar-refractivity contribution is -0.141. The molecule has 0 bridgehead atoms. The summed E-state index contributed by atoms with van der Waals surface area (Å²) < 4.78 is 39.6. The molecule has 2 aliphatic rings. The van der Waals surface area contributed by atoms with E-state index in [0.29, 0.717) is 12.8 Å². The minimum absolute atomic E-state index is 0.0762. The van der Waals surface area contributed by atoms with E-state index in [2.05, 4.69) is 5.32 Å². The second kappa shape index (κ2) is 7.25. The van der Waals surface area contributed by atoms with Crippen LogP contribution in [0.1, 0.15) is 45.7 Å². The molecule has 6 nitrogen and oxygen atoms in total. The van der Waals surface area contributed by atoms with E-state index in [1.54, 1.807) is 6.07 Å². The molecule has 164 valence electrons. The van der Waals surface area contributed by atoms with Gasteiger partial charge in [-0.15, -0.1) is 0 Å². The van der Waals surface area contributed by atoms with Crippen molar-refractivity contribution in [3.8, 4) is 0 Å². The smallest absolute Gasteiger partial charge is 0.339 e. The van der Waals surface area contributed by atoms with Gasteiger partial charge in [0, 0.05) is 17.0 Å². The number of aryl methyl sites for hydroxylation is 2. The summed E-state index contributed by atoms with van der Waals surface area (Å²) in [6.07, 6.45) is -2.49. The number of imide groups is 1. The Morgan fingerprint density at radius 2 is 1.90 bits per heavy atom. The van der Waals surface area contributed by atoms with Crippen molar-refractivity contribution in [3.63, 3.8) is 0 Å². The maximum atomic E-state index is 13.3. The van der Waals surface area contributed by atoms with Crippen LogP contribution in [0.5, 0.6) is 0 Å². The molecule has 2 heterocycles. The van der Waals surface area contributed by atoms with Gasteiger partial charge >= 0.3 is 12.2 Å². The Morgan fingerprint density at radius 1 is 1.19 bits per heavy atom. The van der Waals surface area contributed by atoms with Crippen LogP contribution in [-0.2, 0) is 23.3 Å². The highest BCUT2D eigenvalue weighted by atomic mass is 19.4. The highest BCUT2D eigenvalue weighted by molar-refractivity contribution is 6.11. The Balaban J connectivity index is 1.60. The number of halogens is 3. The summed E-state index contributed by atoms with van der Waals surface area (Å²) in [4.78, 5) is 39.7. The molecule has 1 aliphatic heterocycles. The summed E-state index contributed by atoms with van der Waals surface area (Å²) in [5.41, 5.74) is 1.04. The third-order valence-electron chi connectivity index (χ3n) is 6.16. The van der Waals surface area contributed by atoms with Crippen LogP contribution in [-0.4, -0.2) is 39.9 Å². The van der Waals surface area contributed by atoms with Crippen molar-refractivity contribution < 1.29 is 27.6 Å². The van der Waals surface area contributed by atoms with Crippen LogP contribution in [0.3, 0.4) is 0 Å². The van der Waals surface area contributed by atoms with E-state index >= 15 is 0 Å². The van der Waals surface area contributed by atoms with Crippen LogP contribution in [0, 0.1) is 13.8 Å². The molecule has 0 unspecified atom stereocenters. The highest BCUT2D eigenvalue weighted by Crippen LogP contribution is 2.40. The van der Waals surface area contributed by atoms with Crippen LogP contribution in [0.2, 0.25) is 0 Å². The number of ketones is 1. The Morgan fingerprint density at radius 3 is 2.61 bits per heavy atom. The van der Waals surface area contributed by atoms with Crippen LogP contribution in [0.15, 0.2) is 30.3 Å². The zero-order valence-electron chi connectivity index (χ0n) is 17.2. The molecule has 1 atom stereocenters. The molecule has 1 N–H and O–H groups in total. The normalized spacial score (nSPS) is 20.9. The Kier molecular flexibility index (Phi) is 4.94. The number of aromatic nitrogens is 1. The van der Waals surface area contributed by atoms with E-state index in [1.165, 1.54) is 19.9 Å². The molecule has 1 aliphatic carbocycles. The van der Waals surface area contributed by atoms with Gasteiger partial charge in [-0.2, -0.15) is 13.2 Å². The molecule has 0 saturated carbocycles. The van der Waals surface area contributed by atoms with E-state index < -0.39 is 42.5 Å². The third-order valence-corrected chi connectivity index (χ3v) is 6.16. The van der Waals surface area contributed by atoms with Gasteiger partial charge in [0.1, 0.15) is 12.1 Å². The van der Waals surface area contributed by atoms with Gasteiger partial charge in [-0.05, 0) is 50.3 Å². The number of carbonyl (C=O) groups excluding carboxylic acids is 3. The summed E-state index contributed by atoms with van der Waals surface area (Å²) >= 11 is 0. The average molecular weight is 433 g/mol. The van der Waals surface area contributed by atoms with Crippen LogP contribution in [0.25, 0.3) is 0 Å². The van der Waals surface area contributed by atoms with Gasteiger partial charge in [-0.3, -0.25) is 14.5 Å². The minimum Gasteiger partial charge on any atom is -0.339 e. The molecule has 1 spiro atoms. The Labute approximate surface area is 177 Å². The molecule has 1 aromatic heterocycles. The Bertz CT molecular complexity index is 1090.